The van der Waals surface area contributed by atoms with Crippen LogP contribution in [0.3, 0.4) is 0 Å². The fourth-order valence-electron chi connectivity index (χ4n) is 4.39. The Kier molecular flexibility index (Phi) is 8.56. The van der Waals surface area contributed by atoms with Gasteiger partial charge in [0.2, 0.25) is 5.91 Å². The number of pyridine rings is 1. The van der Waals surface area contributed by atoms with Crippen molar-refractivity contribution in [3.63, 3.8) is 0 Å². The molecule has 2 aromatic carbocycles. The Bertz CT molecular complexity index is 1330. The number of halogens is 1. The summed E-state index contributed by atoms with van der Waals surface area (Å²) in [6.07, 6.45) is 2.72. The third-order valence-corrected chi connectivity index (χ3v) is 6.66. The first kappa shape index (κ1) is 26.6. The number of nitriles is 1. The van der Waals surface area contributed by atoms with Gasteiger partial charge in [0.25, 0.3) is 0 Å². The van der Waals surface area contributed by atoms with Gasteiger partial charge in [-0.15, -0.1) is 0 Å². The number of rotatable bonds is 9. The number of carbonyl (C=O) groups is 1. The molecule has 0 unspecified atom stereocenters. The molecule has 9 heteroatoms. The van der Waals surface area contributed by atoms with Gasteiger partial charge in [-0.25, -0.2) is 9.37 Å². The number of hydrogen-bond donors (Lipinski definition) is 3. The molecule has 1 fully saturated rings. The van der Waals surface area contributed by atoms with Crippen LogP contribution in [0.5, 0.6) is 0 Å². The van der Waals surface area contributed by atoms with Crippen molar-refractivity contribution >= 4 is 34.5 Å². The molecule has 1 saturated heterocycles. The van der Waals surface area contributed by atoms with E-state index in [9.17, 15) is 14.4 Å². The van der Waals surface area contributed by atoms with Crippen LogP contribution in [-0.4, -0.2) is 48.5 Å². The summed E-state index contributed by atoms with van der Waals surface area (Å²) < 4.78 is 13.3. The fraction of sp³-hybridized carbons (Fsp3) is 0.276. The average molecular weight is 514 g/mol. The molecule has 0 radical (unpaired) electrons. The van der Waals surface area contributed by atoms with E-state index < -0.39 is 0 Å². The number of anilines is 5. The lowest BCUT2D eigenvalue weighted by Gasteiger charge is -2.35. The Morgan fingerprint density at radius 2 is 1.87 bits per heavy atom. The van der Waals surface area contributed by atoms with Crippen molar-refractivity contribution < 1.29 is 9.18 Å². The van der Waals surface area contributed by atoms with Crippen molar-refractivity contribution in [2.24, 2.45) is 0 Å². The molecule has 1 aromatic heterocycles. The molecule has 0 aliphatic carbocycles. The summed E-state index contributed by atoms with van der Waals surface area (Å²) in [6.45, 7) is 12.5. The molecule has 1 atom stereocenters. The molecule has 0 spiro atoms. The third-order valence-electron chi connectivity index (χ3n) is 6.66. The van der Waals surface area contributed by atoms with Gasteiger partial charge in [-0.3, -0.25) is 4.79 Å². The van der Waals surface area contributed by atoms with Crippen molar-refractivity contribution in [2.75, 3.05) is 53.6 Å². The monoisotopic (exact) mass is 513 g/mol. The van der Waals surface area contributed by atoms with Crippen LogP contribution in [-0.2, 0) is 4.79 Å². The number of hydrogen-bond acceptors (Lipinski definition) is 7. The van der Waals surface area contributed by atoms with Crippen LogP contribution in [0, 0.1) is 17.1 Å². The summed E-state index contributed by atoms with van der Waals surface area (Å²) >= 11 is 0. The second-order valence-corrected chi connectivity index (χ2v) is 9.11. The van der Waals surface area contributed by atoms with Crippen molar-refractivity contribution in [1.29, 1.82) is 5.26 Å². The summed E-state index contributed by atoms with van der Waals surface area (Å²) in [5.74, 6) is -0.122. The Hall–Kier alpha value is -4.42. The van der Waals surface area contributed by atoms with E-state index in [0.717, 1.165) is 44.0 Å². The standard InChI is InChI=1S/C29H32FN7O/c1-4-29(38)35-27-16-24(37-14-12-36(5-2)13-15-37)10-11-25(27)34-28-17-26(22(18-31)19-32-28)33-20(3)21-6-8-23(30)9-7-21/h4,6-11,16-17,19-20H,1,5,12-15H2,2-3H3,(H,35,38)(H2,32,33,34)/t20-/m0/s1. The zero-order valence-electron chi connectivity index (χ0n) is 21.7. The van der Waals surface area contributed by atoms with E-state index in [2.05, 4.69) is 50.3 Å². The van der Waals surface area contributed by atoms with Crippen LogP contribution >= 0.6 is 0 Å². The Balaban J connectivity index is 1.58. The van der Waals surface area contributed by atoms with Crippen molar-refractivity contribution in [2.45, 2.75) is 19.9 Å². The first-order chi connectivity index (χ1) is 18.4. The van der Waals surface area contributed by atoms with Crippen LogP contribution in [0.15, 0.2) is 67.4 Å². The Morgan fingerprint density at radius 3 is 2.53 bits per heavy atom. The SMILES string of the molecule is C=CC(=O)Nc1cc(N2CCN(CC)CC2)ccc1Nc1cc(N[C@@H](C)c2ccc(F)cc2)c(C#N)cn1. The van der Waals surface area contributed by atoms with E-state index in [0.29, 0.717) is 28.4 Å². The minimum Gasteiger partial charge on any atom is -0.377 e. The lowest BCUT2D eigenvalue weighted by Crippen LogP contribution is -2.46. The van der Waals surface area contributed by atoms with E-state index in [1.54, 1.807) is 18.2 Å². The molecule has 0 bridgehead atoms. The number of aromatic nitrogens is 1. The molecule has 8 nitrogen and oxygen atoms in total. The van der Waals surface area contributed by atoms with Crippen molar-refractivity contribution in [1.82, 2.24) is 9.88 Å². The van der Waals surface area contributed by atoms with Gasteiger partial charge < -0.3 is 25.8 Å². The quantitative estimate of drug-likeness (QED) is 0.335. The summed E-state index contributed by atoms with van der Waals surface area (Å²) in [5.41, 5.74) is 4.13. The number of nitrogens with one attached hydrogen (secondary N) is 3. The van der Waals surface area contributed by atoms with Crippen LogP contribution in [0.1, 0.15) is 31.0 Å². The van der Waals surface area contributed by atoms with Gasteiger partial charge in [-0.1, -0.05) is 25.6 Å². The van der Waals surface area contributed by atoms with Gasteiger partial charge in [-0.05, 0) is 55.4 Å². The summed E-state index contributed by atoms with van der Waals surface area (Å²) in [4.78, 5) is 21.3. The molecule has 1 amide bonds. The molecule has 0 saturated carbocycles. The number of nitrogens with zero attached hydrogens (tertiary/aromatic N) is 4. The summed E-state index contributed by atoms with van der Waals surface area (Å²) in [6, 6.07) is 15.8. The molecule has 4 rings (SSSR count). The zero-order valence-corrected chi connectivity index (χ0v) is 21.7. The lowest BCUT2D eigenvalue weighted by atomic mass is 10.1. The smallest absolute Gasteiger partial charge is 0.247 e. The topological polar surface area (TPSA) is 96.3 Å². The van der Waals surface area contributed by atoms with Crippen LogP contribution in [0.25, 0.3) is 0 Å². The second-order valence-electron chi connectivity index (χ2n) is 9.11. The number of amides is 1. The van der Waals surface area contributed by atoms with Gasteiger partial charge in [0, 0.05) is 50.2 Å². The summed E-state index contributed by atoms with van der Waals surface area (Å²) in [5, 5.41) is 19.1. The largest absolute Gasteiger partial charge is 0.377 e. The van der Waals surface area contributed by atoms with E-state index in [-0.39, 0.29) is 17.8 Å². The highest BCUT2D eigenvalue weighted by Crippen LogP contribution is 2.32. The first-order valence-electron chi connectivity index (χ1n) is 12.6. The van der Waals surface area contributed by atoms with Crippen molar-refractivity contribution in [3.05, 3.63) is 84.3 Å². The highest BCUT2D eigenvalue weighted by Gasteiger charge is 2.18. The molecule has 1 aliphatic heterocycles. The molecule has 3 N–H and O–H groups in total. The van der Waals surface area contributed by atoms with Gasteiger partial charge in [0.15, 0.2) is 0 Å². The Labute approximate surface area is 222 Å². The van der Waals surface area contributed by atoms with Gasteiger partial charge in [0.1, 0.15) is 17.7 Å². The average Bonchev–Trinajstić information content (AvgIpc) is 2.94. The van der Waals surface area contributed by atoms with Crippen LogP contribution in [0.2, 0.25) is 0 Å². The molecular weight excluding hydrogens is 481 g/mol. The van der Waals surface area contributed by atoms with Crippen LogP contribution < -0.4 is 20.9 Å². The highest BCUT2D eigenvalue weighted by molar-refractivity contribution is 6.02. The van der Waals surface area contributed by atoms with Gasteiger partial charge >= 0.3 is 0 Å². The normalized spacial score (nSPS) is 14.3. The second kappa shape index (κ2) is 12.2. The fourth-order valence-corrected chi connectivity index (χ4v) is 4.39. The van der Waals surface area contributed by atoms with Gasteiger partial charge in [0.05, 0.1) is 22.6 Å². The number of likely N-dealkylation sites (N-methyl/N-ethyl adjacent to an activating group) is 1. The molecular formula is C29H32FN7O. The molecule has 196 valence electrons. The van der Waals surface area contributed by atoms with E-state index in [1.807, 2.05) is 25.1 Å². The molecule has 2 heterocycles. The minimum atomic E-state index is -0.315. The maximum Gasteiger partial charge on any atom is 0.247 e. The Morgan fingerprint density at radius 1 is 1.13 bits per heavy atom. The molecule has 38 heavy (non-hydrogen) atoms. The molecule has 1 aliphatic rings. The predicted octanol–water partition coefficient (Wildman–Crippen LogP) is 5.28. The molecule has 3 aromatic rings. The van der Waals surface area contributed by atoms with Crippen LogP contribution in [0.4, 0.5) is 33.0 Å². The third kappa shape index (κ3) is 6.47. The maximum atomic E-state index is 13.3. The maximum absolute atomic E-state index is 13.3. The van der Waals surface area contributed by atoms with E-state index >= 15 is 0 Å². The zero-order chi connectivity index (χ0) is 27.1. The van der Waals surface area contributed by atoms with Crippen molar-refractivity contribution in [3.8, 4) is 6.07 Å². The number of carbonyl (C=O) groups excluding carboxylic acids is 1. The minimum absolute atomic E-state index is 0.173. The van der Waals surface area contributed by atoms with Gasteiger partial charge in [-0.2, -0.15) is 5.26 Å². The highest BCUT2D eigenvalue weighted by atomic mass is 19.1. The first-order valence-corrected chi connectivity index (χ1v) is 12.6. The van der Waals surface area contributed by atoms with E-state index in [4.69, 9.17) is 0 Å². The lowest BCUT2D eigenvalue weighted by molar-refractivity contribution is -0.111. The summed E-state index contributed by atoms with van der Waals surface area (Å²) in [7, 11) is 0. The van der Waals surface area contributed by atoms with E-state index in [1.165, 1.54) is 24.4 Å². The number of piperazine rings is 1. The number of benzene rings is 2. The predicted molar refractivity (Wildman–Crippen MR) is 150 cm³/mol.